The summed E-state index contributed by atoms with van der Waals surface area (Å²) in [6.45, 7) is 0.350. The Morgan fingerprint density at radius 2 is 1.08 bits per heavy atom. The van der Waals surface area contributed by atoms with Crippen molar-refractivity contribution in [1.29, 1.82) is 0 Å². The van der Waals surface area contributed by atoms with Gasteiger partial charge in [0.25, 0.3) is 0 Å². The Kier molecular flexibility index (Phi) is 8.43. The first kappa shape index (κ1) is 26.9. The summed E-state index contributed by atoms with van der Waals surface area (Å²) in [5.74, 6) is -3.20. The first-order valence-corrected chi connectivity index (χ1v) is 12.2. The summed E-state index contributed by atoms with van der Waals surface area (Å²) >= 11 is 0. The Hall–Kier alpha value is -4.17. The van der Waals surface area contributed by atoms with Gasteiger partial charge in [-0.05, 0) is 41.0 Å². The number of carbonyl (C=O) groups excluding carboxylic acids is 3. The van der Waals surface area contributed by atoms with Crippen LogP contribution in [0.3, 0.4) is 0 Å². The Morgan fingerprint density at radius 1 is 0.658 bits per heavy atom. The van der Waals surface area contributed by atoms with Gasteiger partial charge < -0.3 is 18.9 Å². The molecular weight excluding hydrogens is 486 g/mol. The number of Topliss-reactive ketones (excluding diaryl/α,β-unsaturated/α-hetero) is 1. The molecule has 8 heteroatoms. The number of carbonyl (C=O) groups is 3. The predicted octanol–water partition coefficient (Wildman–Crippen LogP) is 4.15. The van der Waals surface area contributed by atoms with Crippen molar-refractivity contribution in [2.75, 3.05) is 28.4 Å². The highest BCUT2D eigenvalue weighted by atomic mass is 16.5. The first-order chi connectivity index (χ1) is 18.4. The number of hydrogen-bond acceptors (Lipinski definition) is 8. The van der Waals surface area contributed by atoms with Crippen LogP contribution in [-0.4, -0.2) is 51.1 Å². The van der Waals surface area contributed by atoms with Crippen LogP contribution in [0.2, 0.25) is 0 Å². The minimum atomic E-state index is -1.25. The SMILES string of the molecule is COC(=O)[C@H]1C(=O)[C@H](C(=O)OC)[C@H](c2ccc(OC)cc2)N(Cc2ccccc2)[C@@H]1c1ccc(OC)cc1. The average molecular weight is 518 g/mol. The van der Waals surface area contributed by atoms with Crippen LogP contribution in [0.5, 0.6) is 11.5 Å². The highest BCUT2D eigenvalue weighted by Crippen LogP contribution is 2.48. The number of hydrogen-bond donors (Lipinski definition) is 0. The fourth-order valence-corrected chi connectivity index (χ4v) is 5.17. The summed E-state index contributed by atoms with van der Waals surface area (Å²) in [4.78, 5) is 42.5. The molecule has 3 aromatic rings. The smallest absolute Gasteiger partial charge is 0.318 e. The summed E-state index contributed by atoms with van der Waals surface area (Å²) in [5, 5.41) is 0. The van der Waals surface area contributed by atoms with Gasteiger partial charge in [0.1, 0.15) is 23.3 Å². The van der Waals surface area contributed by atoms with Gasteiger partial charge in [-0.25, -0.2) is 0 Å². The Balaban J connectivity index is 1.96. The van der Waals surface area contributed by atoms with E-state index in [0.29, 0.717) is 29.2 Å². The van der Waals surface area contributed by atoms with E-state index in [-0.39, 0.29) is 0 Å². The second-order valence-electron chi connectivity index (χ2n) is 9.00. The predicted molar refractivity (Wildman–Crippen MR) is 139 cm³/mol. The van der Waals surface area contributed by atoms with E-state index in [1.807, 2.05) is 59.5 Å². The minimum Gasteiger partial charge on any atom is -0.497 e. The van der Waals surface area contributed by atoms with Crippen molar-refractivity contribution in [3.63, 3.8) is 0 Å². The number of nitrogens with zero attached hydrogens (tertiary/aromatic N) is 1. The van der Waals surface area contributed by atoms with E-state index in [0.717, 1.165) is 5.56 Å². The van der Waals surface area contributed by atoms with Gasteiger partial charge in [0, 0.05) is 6.54 Å². The number of likely N-dealkylation sites (tertiary alicyclic amines) is 1. The second-order valence-corrected chi connectivity index (χ2v) is 9.00. The van der Waals surface area contributed by atoms with Crippen LogP contribution in [0.4, 0.5) is 0 Å². The normalized spacial score (nSPS) is 21.4. The summed E-state index contributed by atoms with van der Waals surface area (Å²) in [7, 11) is 5.62. The molecular formula is C30H31NO7. The maximum absolute atomic E-state index is 14.1. The first-order valence-electron chi connectivity index (χ1n) is 12.2. The maximum Gasteiger partial charge on any atom is 0.318 e. The average Bonchev–Trinajstić information content (AvgIpc) is 2.97. The fourth-order valence-electron chi connectivity index (χ4n) is 5.17. The Labute approximate surface area is 222 Å². The molecule has 0 unspecified atom stereocenters. The number of rotatable bonds is 8. The van der Waals surface area contributed by atoms with Crippen molar-refractivity contribution in [2.24, 2.45) is 11.8 Å². The molecule has 4 atom stereocenters. The quantitative estimate of drug-likeness (QED) is 0.325. The van der Waals surface area contributed by atoms with E-state index >= 15 is 0 Å². The standard InChI is InChI=1S/C30H31NO7/c1-35-22-14-10-20(11-15-22)26-24(29(33)37-3)28(32)25(30(34)38-4)27(21-12-16-23(36-2)17-13-21)31(26)18-19-8-6-5-7-9-19/h5-17,24-27H,18H2,1-4H3/t24-,25-,26-,27+/m1/s1. The minimum absolute atomic E-state index is 0.350. The summed E-state index contributed by atoms with van der Waals surface area (Å²) in [6.07, 6.45) is 0. The van der Waals surface area contributed by atoms with Gasteiger partial charge in [-0.15, -0.1) is 0 Å². The Morgan fingerprint density at radius 3 is 1.45 bits per heavy atom. The summed E-state index contributed by atoms with van der Waals surface area (Å²) < 4.78 is 20.9. The van der Waals surface area contributed by atoms with E-state index in [4.69, 9.17) is 18.9 Å². The monoisotopic (exact) mass is 517 g/mol. The number of piperidine rings is 1. The van der Waals surface area contributed by atoms with Crippen molar-refractivity contribution in [3.8, 4) is 11.5 Å². The van der Waals surface area contributed by atoms with E-state index < -0.39 is 41.6 Å². The van der Waals surface area contributed by atoms with Gasteiger partial charge in [-0.1, -0.05) is 54.6 Å². The zero-order valence-corrected chi connectivity index (χ0v) is 21.8. The van der Waals surface area contributed by atoms with Crippen LogP contribution in [-0.2, 0) is 30.4 Å². The molecule has 38 heavy (non-hydrogen) atoms. The van der Waals surface area contributed by atoms with Gasteiger partial charge in [0.15, 0.2) is 5.78 Å². The van der Waals surface area contributed by atoms with Gasteiger partial charge >= 0.3 is 11.9 Å². The van der Waals surface area contributed by atoms with E-state index in [2.05, 4.69) is 0 Å². The summed E-state index contributed by atoms with van der Waals surface area (Å²) in [6, 6.07) is 22.7. The maximum atomic E-state index is 14.1. The van der Waals surface area contributed by atoms with Crippen LogP contribution in [0.1, 0.15) is 28.8 Å². The van der Waals surface area contributed by atoms with E-state index in [1.165, 1.54) is 14.2 Å². The topological polar surface area (TPSA) is 91.4 Å². The van der Waals surface area contributed by atoms with Crippen molar-refractivity contribution in [2.45, 2.75) is 18.6 Å². The number of ether oxygens (including phenoxy) is 4. The molecule has 0 bridgehead atoms. The van der Waals surface area contributed by atoms with Gasteiger partial charge in [-0.3, -0.25) is 19.3 Å². The molecule has 4 rings (SSSR count). The van der Waals surface area contributed by atoms with Crippen molar-refractivity contribution in [3.05, 3.63) is 95.6 Å². The van der Waals surface area contributed by atoms with Crippen molar-refractivity contribution < 1.29 is 33.3 Å². The molecule has 0 N–H and O–H groups in total. The molecule has 1 saturated heterocycles. The zero-order valence-electron chi connectivity index (χ0n) is 21.8. The van der Waals surface area contributed by atoms with Crippen molar-refractivity contribution >= 4 is 17.7 Å². The lowest BCUT2D eigenvalue weighted by molar-refractivity contribution is -0.168. The second kappa shape index (κ2) is 11.9. The van der Waals surface area contributed by atoms with Crippen LogP contribution in [0, 0.1) is 11.8 Å². The lowest BCUT2D eigenvalue weighted by Crippen LogP contribution is -2.55. The lowest BCUT2D eigenvalue weighted by atomic mass is 9.72. The number of methoxy groups -OCH3 is 4. The third-order valence-corrected chi connectivity index (χ3v) is 6.99. The molecule has 1 aliphatic heterocycles. The molecule has 0 spiro atoms. The highest BCUT2D eigenvalue weighted by molar-refractivity contribution is 6.10. The number of ketones is 1. The molecule has 0 aromatic heterocycles. The third-order valence-electron chi connectivity index (χ3n) is 6.99. The fraction of sp³-hybridized carbons (Fsp3) is 0.300. The number of esters is 2. The molecule has 8 nitrogen and oxygen atoms in total. The molecule has 0 amide bonds. The number of benzene rings is 3. The van der Waals surface area contributed by atoms with Gasteiger partial charge in [0.05, 0.1) is 40.5 Å². The Bertz CT molecular complexity index is 1180. The van der Waals surface area contributed by atoms with Gasteiger partial charge in [-0.2, -0.15) is 0 Å². The molecule has 0 radical (unpaired) electrons. The van der Waals surface area contributed by atoms with Crippen LogP contribution >= 0.6 is 0 Å². The van der Waals surface area contributed by atoms with Gasteiger partial charge in [0.2, 0.25) is 0 Å². The van der Waals surface area contributed by atoms with E-state index in [9.17, 15) is 14.4 Å². The molecule has 1 fully saturated rings. The lowest BCUT2D eigenvalue weighted by Gasteiger charge is -2.48. The molecule has 0 aliphatic carbocycles. The van der Waals surface area contributed by atoms with E-state index in [1.54, 1.807) is 38.5 Å². The van der Waals surface area contributed by atoms with Crippen LogP contribution < -0.4 is 9.47 Å². The van der Waals surface area contributed by atoms with Crippen molar-refractivity contribution in [1.82, 2.24) is 4.90 Å². The van der Waals surface area contributed by atoms with Crippen LogP contribution in [0.25, 0.3) is 0 Å². The third kappa shape index (κ3) is 5.26. The molecule has 1 aliphatic rings. The largest absolute Gasteiger partial charge is 0.497 e. The highest BCUT2D eigenvalue weighted by Gasteiger charge is 2.55. The molecule has 1 heterocycles. The molecule has 0 saturated carbocycles. The summed E-state index contributed by atoms with van der Waals surface area (Å²) in [5.41, 5.74) is 2.38. The van der Waals surface area contributed by atoms with Crippen LogP contribution in [0.15, 0.2) is 78.9 Å². The molecule has 198 valence electrons. The zero-order chi connectivity index (χ0) is 27.2. The molecule has 3 aromatic carbocycles.